The minimum atomic E-state index is -0.427. The molecule has 7 nitrogen and oxygen atoms in total. The van der Waals surface area contributed by atoms with E-state index < -0.39 is 4.92 Å². The summed E-state index contributed by atoms with van der Waals surface area (Å²) in [6.45, 7) is 0. The molecule has 3 aromatic heterocycles. The highest BCUT2D eigenvalue weighted by atomic mass is 35.5. The molecule has 0 aliphatic carbocycles. The third kappa shape index (κ3) is 2.59. The highest BCUT2D eigenvalue weighted by Gasteiger charge is 2.13. The Labute approximate surface area is 144 Å². The predicted octanol–water partition coefficient (Wildman–Crippen LogP) is 4.06. The molecule has 0 amide bonds. The number of benzene rings is 1. The number of nitrogens with one attached hydrogen (secondary N) is 1. The van der Waals surface area contributed by atoms with Gasteiger partial charge in [-0.2, -0.15) is 0 Å². The van der Waals surface area contributed by atoms with Crippen molar-refractivity contribution in [1.82, 2.24) is 19.4 Å². The van der Waals surface area contributed by atoms with Gasteiger partial charge in [0, 0.05) is 24.1 Å². The zero-order valence-corrected chi connectivity index (χ0v) is 13.7. The lowest BCUT2D eigenvalue weighted by Gasteiger charge is -1.95. The smallest absolute Gasteiger partial charge is 0.271 e. The number of hydrogen-bond donors (Lipinski definition) is 1. The number of thioether (sulfide) groups is 1. The van der Waals surface area contributed by atoms with E-state index in [0.29, 0.717) is 27.1 Å². The Kier molecular flexibility index (Phi) is 3.62. The van der Waals surface area contributed by atoms with Crippen LogP contribution in [0.15, 0.2) is 47.8 Å². The zero-order chi connectivity index (χ0) is 16.7. The number of aromatic amines is 1. The second-order valence-corrected chi connectivity index (χ2v) is 6.39. The molecule has 0 saturated heterocycles. The Balaban J connectivity index is 1.59. The number of nitrogens with zero attached hydrogens (tertiary/aromatic N) is 4. The summed E-state index contributed by atoms with van der Waals surface area (Å²) in [5.74, 6) is 0.544. The fourth-order valence-corrected chi connectivity index (χ4v) is 3.55. The normalized spacial score (nSPS) is 11.4. The van der Waals surface area contributed by atoms with Crippen molar-refractivity contribution in [1.29, 1.82) is 0 Å². The second kappa shape index (κ2) is 5.81. The van der Waals surface area contributed by atoms with Gasteiger partial charge in [-0.1, -0.05) is 29.4 Å². The first-order valence-electron chi connectivity index (χ1n) is 7.00. The molecule has 3 heterocycles. The quantitative estimate of drug-likeness (QED) is 0.337. The summed E-state index contributed by atoms with van der Waals surface area (Å²) in [6.07, 6.45) is 1.86. The lowest BCUT2D eigenvalue weighted by Crippen LogP contribution is -1.86. The molecule has 24 heavy (non-hydrogen) atoms. The van der Waals surface area contributed by atoms with Crippen LogP contribution in [0.4, 0.5) is 5.69 Å². The molecule has 0 aliphatic heterocycles. The van der Waals surface area contributed by atoms with Gasteiger partial charge in [0.2, 0.25) is 0 Å². The van der Waals surface area contributed by atoms with Gasteiger partial charge in [-0.25, -0.2) is 9.97 Å². The van der Waals surface area contributed by atoms with Gasteiger partial charge in [-0.3, -0.25) is 14.5 Å². The van der Waals surface area contributed by atoms with Crippen LogP contribution in [0.3, 0.4) is 0 Å². The minimum Gasteiger partial charge on any atom is -0.333 e. The number of halogens is 1. The van der Waals surface area contributed by atoms with Gasteiger partial charge >= 0.3 is 0 Å². The number of H-pyrrole nitrogens is 1. The van der Waals surface area contributed by atoms with Gasteiger partial charge in [0.1, 0.15) is 10.8 Å². The maximum absolute atomic E-state index is 10.8. The van der Waals surface area contributed by atoms with Crippen molar-refractivity contribution in [3.8, 4) is 0 Å². The van der Waals surface area contributed by atoms with Gasteiger partial charge in [-0.15, -0.1) is 0 Å². The van der Waals surface area contributed by atoms with E-state index in [2.05, 4.69) is 15.0 Å². The van der Waals surface area contributed by atoms with E-state index in [-0.39, 0.29) is 5.69 Å². The van der Waals surface area contributed by atoms with Crippen LogP contribution in [-0.4, -0.2) is 24.3 Å². The van der Waals surface area contributed by atoms with E-state index in [0.717, 1.165) is 11.3 Å². The van der Waals surface area contributed by atoms with E-state index >= 15 is 0 Å². The van der Waals surface area contributed by atoms with Gasteiger partial charge in [0.05, 0.1) is 21.7 Å². The summed E-state index contributed by atoms with van der Waals surface area (Å²) < 4.78 is 1.82. The Morgan fingerprint density at radius 3 is 2.96 bits per heavy atom. The molecule has 1 aromatic carbocycles. The summed E-state index contributed by atoms with van der Waals surface area (Å²) in [5, 5.41) is 12.1. The lowest BCUT2D eigenvalue weighted by molar-refractivity contribution is -0.384. The van der Waals surface area contributed by atoms with Crippen LogP contribution in [0.5, 0.6) is 0 Å². The van der Waals surface area contributed by atoms with Gasteiger partial charge in [0.15, 0.2) is 5.16 Å². The molecule has 9 heteroatoms. The van der Waals surface area contributed by atoms with Crippen LogP contribution in [0.1, 0.15) is 5.69 Å². The summed E-state index contributed by atoms with van der Waals surface area (Å²) in [7, 11) is 0. The molecule has 120 valence electrons. The highest BCUT2D eigenvalue weighted by molar-refractivity contribution is 7.98. The highest BCUT2D eigenvalue weighted by Crippen LogP contribution is 2.28. The average molecular weight is 360 g/mol. The van der Waals surface area contributed by atoms with Crippen molar-refractivity contribution in [3.63, 3.8) is 0 Å². The molecule has 4 aromatic rings. The van der Waals surface area contributed by atoms with Crippen molar-refractivity contribution >= 4 is 45.7 Å². The maximum atomic E-state index is 10.8. The van der Waals surface area contributed by atoms with E-state index in [9.17, 15) is 10.1 Å². The molecule has 0 bridgehead atoms. The average Bonchev–Trinajstić information content (AvgIpc) is 3.13. The maximum Gasteiger partial charge on any atom is 0.271 e. The Hall–Kier alpha value is -2.58. The fraction of sp³-hybridized carbons (Fsp3) is 0.0667. The number of non-ortho nitro benzene ring substituents is 1. The molecule has 0 atom stereocenters. The molecule has 0 unspecified atom stereocenters. The molecule has 4 rings (SSSR count). The van der Waals surface area contributed by atoms with Crippen molar-refractivity contribution in [2.75, 3.05) is 0 Å². The molecule has 0 saturated carbocycles. The van der Waals surface area contributed by atoms with E-state index in [4.69, 9.17) is 11.6 Å². The van der Waals surface area contributed by atoms with Gasteiger partial charge in [-0.05, 0) is 18.2 Å². The molecule has 0 spiro atoms. The first kappa shape index (κ1) is 15.0. The number of pyridine rings is 1. The molecule has 0 fully saturated rings. The summed E-state index contributed by atoms with van der Waals surface area (Å²) in [5.41, 5.74) is 2.90. The largest absolute Gasteiger partial charge is 0.333 e. The van der Waals surface area contributed by atoms with Crippen molar-refractivity contribution < 1.29 is 4.92 Å². The molecule has 1 N–H and O–H groups in total. The number of fused-ring (bicyclic) bond motifs is 2. The first-order chi connectivity index (χ1) is 11.6. The van der Waals surface area contributed by atoms with Crippen LogP contribution in [-0.2, 0) is 5.75 Å². The third-order valence-electron chi connectivity index (χ3n) is 3.54. The molecule has 0 aliphatic rings. The lowest BCUT2D eigenvalue weighted by atomic mass is 10.3. The van der Waals surface area contributed by atoms with Crippen LogP contribution in [0.25, 0.3) is 16.7 Å². The standard InChI is InChI=1S/C15H10ClN5O2S/c16-14-12(17-13-3-1-2-6-20(13)14)8-24-15-18-10-5-4-9(21(22)23)7-11(10)19-15/h1-7H,8H2,(H,18,19). The number of hydrogen-bond acceptors (Lipinski definition) is 5. The van der Waals surface area contributed by atoms with Gasteiger partial charge < -0.3 is 4.98 Å². The number of imidazole rings is 2. The summed E-state index contributed by atoms with van der Waals surface area (Å²) >= 11 is 7.79. The summed E-state index contributed by atoms with van der Waals surface area (Å²) in [6, 6.07) is 10.2. The number of rotatable bonds is 4. The molecular weight excluding hydrogens is 350 g/mol. The number of aromatic nitrogens is 4. The van der Waals surface area contributed by atoms with E-state index in [1.165, 1.54) is 23.9 Å². The second-order valence-electron chi connectivity index (χ2n) is 5.07. The van der Waals surface area contributed by atoms with Crippen molar-refractivity contribution in [3.05, 3.63) is 63.6 Å². The summed E-state index contributed by atoms with van der Waals surface area (Å²) in [4.78, 5) is 22.4. The van der Waals surface area contributed by atoms with Crippen molar-refractivity contribution in [2.24, 2.45) is 0 Å². The Bertz CT molecular complexity index is 1070. The van der Waals surface area contributed by atoms with E-state index in [1.807, 2.05) is 28.8 Å². The number of nitro groups is 1. The Morgan fingerprint density at radius 1 is 1.29 bits per heavy atom. The SMILES string of the molecule is O=[N+]([O-])c1ccc2nc(SCc3nc4ccccn4c3Cl)[nH]c2c1. The first-order valence-corrected chi connectivity index (χ1v) is 8.36. The van der Waals surface area contributed by atoms with Crippen molar-refractivity contribution in [2.45, 2.75) is 10.9 Å². The Morgan fingerprint density at radius 2 is 2.17 bits per heavy atom. The number of nitro benzene ring substituents is 1. The zero-order valence-electron chi connectivity index (χ0n) is 12.1. The van der Waals surface area contributed by atoms with Crippen LogP contribution < -0.4 is 0 Å². The van der Waals surface area contributed by atoms with Crippen LogP contribution >= 0.6 is 23.4 Å². The molecular formula is C15H10ClN5O2S. The van der Waals surface area contributed by atoms with Crippen LogP contribution in [0, 0.1) is 10.1 Å². The van der Waals surface area contributed by atoms with Crippen LogP contribution in [0.2, 0.25) is 5.15 Å². The third-order valence-corrected chi connectivity index (χ3v) is 4.82. The fourth-order valence-electron chi connectivity index (χ4n) is 2.40. The monoisotopic (exact) mass is 359 g/mol. The van der Waals surface area contributed by atoms with Gasteiger partial charge in [0.25, 0.3) is 5.69 Å². The predicted molar refractivity (Wildman–Crippen MR) is 92.5 cm³/mol. The van der Waals surface area contributed by atoms with E-state index in [1.54, 1.807) is 6.07 Å². The minimum absolute atomic E-state index is 0.0334. The molecule has 0 radical (unpaired) electrons. The topological polar surface area (TPSA) is 89.1 Å².